The maximum atomic E-state index is 11.3. The van der Waals surface area contributed by atoms with Gasteiger partial charge in [0.15, 0.2) is 0 Å². The molecule has 6 heteroatoms. The smallest absolute Gasteiger partial charge is 0.407 e. The molecule has 1 heterocycles. The summed E-state index contributed by atoms with van der Waals surface area (Å²) < 4.78 is 10.5. The second kappa shape index (κ2) is 7.31. The van der Waals surface area contributed by atoms with Gasteiger partial charge >= 0.3 is 6.09 Å². The van der Waals surface area contributed by atoms with Gasteiger partial charge in [0.05, 0.1) is 13.2 Å². The Morgan fingerprint density at radius 3 is 2.84 bits per heavy atom. The van der Waals surface area contributed by atoms with Crippen molar-refractivity contribution in [1.82, 2.24) is 10.3 Å². The molecule has 5 nitrogen and oxygen atoms in total. The average molecular weight is 287 g/mol. The van der Waals surface area contributed by atoms with Gasteiger partial charge in [-0.25, -0.2) is 4.79 Å². The van der Waals surface area contributed by atoms with E-state index in [-0.39, 0.29) is 0 Å². The highest BCUT2D eigenvalue weighted by atomic mass is 35.5. The van der Waals surface area contributed by atoms with Crippen LogP contribution in [-0.4, -0.2) is 29.8 Å². The van der Waals surface area contributed by atoms with Crippen LogP contribution in [0.4, 0.5) is 4.79 Å². The number of nitrogens with zero attached hydrogens (tertiary/aromatic N) is 1. The number of hydrogen-bond acceptors (Lipinski definition) is 4. The Labute approximate surface area is 118 Å². The van der Waals surface area contributed by atoms with E-state index in [2.05, 4.69) is 10.3 Å². The Bertz CT molecular complexity index is 419. The number of rotatable bonds is 5. The third-order valence-electron chi connectivity index (χ3n) is 2.02. The number of halogens is 1. The Kier molecular flexibility index (Phi) is 6.05. The molecule has 1 aromatic heterocycles. The lowest BCUT2D eigenvalue weighted by Gasteiger charge is -2.19. The average Bonchev–Trinajstić information content (AvgIpc) is 2.28. The van der Waals surface area contributed by atoms with Crippen LogP contribution in [0.15, 0.2) is 18.5 Å². The van der Waals surface area contributed by atoms with Gasteiger partial charge < -0.3 is 14.8 Å². The number of ether oxygens (including phenoxy) is 2. The lowest BCUT2D eigenvalue weighted by Crippen LogP contribution is -2.34. The van der Waals surface area contributed by atoms with Crippen LogP contribution in [-0.2, 0) is 16.1 Å². The van der Waals surface area contributed by atoms with Crippen molar-refractivity contribution in [2.75, 3.05) is 13.2 Å². The summed E-state index contributed by atoms with van der Waals surface area (Å²) in [5.74, 6) is 0. The topological polar surface area (TPSA) is 60.5 Å². The van der Waals surface area contributed by atoms with Crippen molar-refractivity contribution in [2.45, 2.75) is 33.0 Å². The largest absolute Gasteiger partial charge is 0.444 e. The third-order valence-corrected chi connectivity index (χ3v) is 2.38. The monoisotopic (exact) mass is 286 g/mol. The molecule has 0 saturated heterocycles. The maximum Gasteiger partial charge on any atom is 0.407 e. The van der Waals surface area contributed by atoms with Crippen molar-refractivity contribution < 1.29 is 14.3 Å². The second-order valence-corrected chi connectivity index (χ2v) is 5.36. The number of carbonyl (C=O) groups excluding carboxylic acids is 1. The van der Waals surface area contributed by atoms with Gasteiger partial charge in [-0.3, -0.25) is 4.98 Å². The van der Waals surface area contributed by atoms with Gasteiger partial charge in [0.1, 0.15) is 5.60 Å². The molecule has 0 fully saturated rings. The third kappa shape index (κ3) is 6.98. The van der Waals surface area contributed by atoms with Crippen LogP contribution in [0.2, 0.25) is 5.02 Å². The van der Waals surface area contributed by atoms with Crippen LogP contribution in [0.1, 0.15) is 26.3 Å². The molecule has 0 aliphatic carbocycles. The first kappa shape index (κ1) is 15.7. The molecule has 0 unspecified atom stereocenters. The number of alkyl carbamates (subject to hydrolysis) is 1. The van der Waals surface area contributed by atoms with Gasteiger partial charge in [0.2, 0.25) is 0 Å². The number of aromatic nitrogens is 1. The molecule has 1 N–H and O–H groups in total. The molecule has 0 aliphatic heterocycles. The second-order valence-electron chi connectivity index (χ2n) is 4.95. The van der Waals surface area contributed by atoms with Crippen LogP contribution < -0.4 is 5.32 Å². The minimum absolute atomic E-state index is 0.364. The summed E-state index contributed by atoms with van der Waals surface area (Å²) in [4.78, 5) is 15.3. The summed E-state index contributed by atoms with van der Waals surface area (Å²) in [5, 5.41) is 3.23. The number of nitrogens with one attached hydrogen (secondary N) is 1. The zero-order chi connectivity index (χ0) is 14.3. The Morgan fingerprint density at radius 1 is 1.47 bits per heavy atom. The number of pyridine rings is 1. The summed E-state index contributed by atoms with van der Waals surface area (Å²) in [6, 6.07) is 1.71. The summed E-state index contributed by atoms with van der Waals surface area (Å²) in [6.07, 6.45) is 2.83. The molecule has 1 aromatic rings. The number of hydrogen-bond donors (Lipinski definition) is 1. The van der Waals surface area contributed by atoms with Gasteiger partial charge in [-0.2, -0.15) is 0 Å². The number of amides is 1. The van der Waals surface area contributed by atoms with Gasteiger partial charge in [0.25, 0.3) is 0 Å². The van der Waals surface area contributed by atoms with E-state index in [0.29, 0.717) is 24.8 Å². The van der Waals surface area contributed by atoms with Crippen molar-refractivity contribution in [1.29, 1.82) is 0 Å². The van der Waals surface area contributed by atoms with E-state index in [9.17, 15) is 4.79 Å². The Balaban J connectivity index is 2.15. The lowest BCUT2D eigenvalue weighted by molar-refractivity contribution is 0.0494. The number of carbonyl (C=O) groups is 1. The van der Waals surface area contributed by atoms with Crippen molar-refractivity contribution >= 4 is 17.7 Å². The molecule has 0 radical (unpaired) electrons. The fourth-order valence-corrected chi connectivity index (χ4v) is 1.40. The van der Waals surface area contributed by atoms with Crippen LogP contribution in [0.5, 0.6) is 0 Å². The van der Waals surface area contributed by atoms with E-state index in [0.717, 1.165) is 5.56 Å². The molecular weight excluding hydrogens is 268 g/mol. The molecule has 0 aliphatic rings. The highest BCUT2D eigenvalue weighted by Gasteiger charge is 2.15. The van der Waals surface area contributed by atoms with Crippen molar-refractivity contribution in [2.24, 2.45) is 0 Å². The predicted octanol–water partition coefficient (Wildman–Crippen LogP) is 2.78. The first-order valence-electron chi connectivity index (χ1n) is 6.01. The summed E-state index contributed by atoms with van der Waals surface area (Å²) in [5.41, 5.74) is 0.329. The SMILES string of the molecule is CC(C)(C)OC(=O)NCCOCc1cnccc1Cl. The molecule has 0 atom stereocenters. The summed E-state index contributed by atoms with van der Waals surface area (Å²) in [7, 11) is 0. The summed E-state index contributed by atoms with van der Waals surface area (Å²) in [6.45, 7) is 6.56. The van der Waals surface area contributed by atoms with E-state index in [1.54, 1.807) is 18.5 Å². The van der Waals surface area contributed by atoms with Gasteiger partial charge in [-0.05, 0) is 26.8 Å². The molecule has 1 rings (SSSR count). The zero-order valence-corrected chi connectivity index (χ0v) is 12.2. The Morgan fingerprint density at radius 2 is 2.21 bits per heavy atom. The van der Waals surface area contributed by atoms with E-state index in [1.165, 1.54) is 0 Å². The van der Waals surface area contributed by atoms with E-state index < -0.39 is 11.7 Å². The first-order valence-corrected chi connectivity index (χ1v) is 6.39. The van der Waals surface area contributed by atoms with Crippen molar-refractivity contribution in [3.05, 3.63) is 29.0 Å². The fraction of sp³-hybridized carbons (Fsp3) is 0.538. The standard InChI is InChI=1S/C13H19ClN2O3/c1-13(2,3)19-12(17)16-6-7-18-9-10-8-15-5-4-11(10)14/h4-5,8H,6-7,9H2,1-3H3,(H,16,17). The fourth-order valence-electron chi connectivity index (χ4n) is 1.24. The van der Waals surface area contributed by atoms with Crippen molar-refractivity contribution in [3.8, 4) is 0 Å². The minimum atomic E-state index is -0.492. The molecule has 0 aromatic carbocycles. The molecule has 0 saturated carbocycles. The highest BCUT2D eigenvalue weighted by molar-refractivity contribution is 6.31. The zero-order valence-electron chi connectivity index (χ0n) is 11.4. The van der Waals surface area contributed by atoms with Crippen LogP contribution in [0.3, 0.4) is 0 Å². The van der Waals surface area contributed by atoms with Crippen molar-refractivity contribution in [3.63, 3.8) is 0 Å². The summed E-state index contributed by atoms with van der Waals surface area (Å²) >= 11 is 5.95. The van der Waals surface area contributed by atoms with E-state index >= 15 is 0 Å². The highest BCUT2D eigenvalue weighted by Crippen LogP contribution is 2.14. The Hall–Kier alpha value is -1.33. The molecule has 106 valence electrons. The lowest BCUT2D eigenvalue weighted by atomic mass is 10.2. The molecule has 19 heavy (non-hydrogen) atoms. The molecule has 1 amide bonds. The van der Waals surface area contributed by atoms with Crippen LogP contribution in [0, 0.1) is 0 Å². The normalized spacial score (nSPS) is 11.2. The predicted molar refractivity (Wildman–Crippen MR) is 73.1 cm³/mol. The molecule has 0 spiro atoms. The maximum absolute atomic E-state index is 11.3. The van der Waals surface area contributed by atoms with Gasteiger partial charge in [0, 0.05) is 29.5 Å². The minimum Gasteiger partial charge on any atom is -0.444 e. The van der Waals surface area contributed by atoms with E-state index in [4.69, 9.17) is 21.1 Å². The van der Waals surface area contributed by atoms with E-state index in [1.807, 2.05) is 20.8 Å². The quantitative estimate of drug-likeness (QED) is 0.846. The molecule has 0 bridgehead atoms. The molecular formula is C13H19ClN2O3. The van der Waals surface area contributed by atoms with Crippen LogP contribution >= 0.6 is 11.6 Å². The first-order chi connectivity index (χ1) is 8.88. The van der Waals surface area contributed by atoms with Gasteiger partial charge in [-0.15, -0.1) is 0 Å². The van der Waals surface area contributed by atoms with Crippen LogP contribution in [0.25, 0.3) is 0 Å². The van der Waals surface area contributed by atoms with Gasteiger partial charge in [-0.1, -0.05) is 11.6 Å².